The molecule has 12 heteroatoms. The van der Waals surface area contributed by atoms with Crippen LogP contribution in [0.15, 0.2) is 18.2 Å². The van der Waals surface area contributed by atoms with E-state index in [1.165, 1.54) is 39.2 Å². The highest BCUT2D eigenvalue weighted by molar-refractivity contribution is 5.76. The van der Waals surface area contributed by atoms with Crippen LogP contribution in [-0.2, 0) is 38.1 Å². The Labute approximate surface area is 195 Å². The van der Waals surface area contributed by atoms with Crippen LogP contribution in [-0.4, -0.2) is 74.5 Å². The van der Waals surface area contributed by atoms with Gasteiger partial charge in [-0.1, -0.05) is 0 Å². The van der Waals surface area contributed by atoms with Crippen molar-refractivity contribution in [3.63, 3.8) is 0 Å². The average molecular weight is 481 g/mol. The highest BCUT2D eigenvalue weighted by Gasteiger charge is 2.52. The fraction of sp³-hybridized carbons (Fsp3) is 0.500. The standard InChI is InChI=1S/C22H27NO11/c1-11(25)23-19-21(32-14(4)28)20(31-13(3)27)18(10-30-12(2)26)34-22(19)33-16-7-6-15(9-24)8-17(16)29-5/h6-9,18-22H,10H2,1-5H3,(H,23,25)/t18-,19-,20+,21-,22-/m0/s1. The summed E-state index contributed by atoms with van der Waals surface area (Å²) >= 11 is 0. The van der Waals surface area contributed by atoms with Gasteiger partial charge in [0.25, 0.3) is 0 Å². The lowest BCUT2D eigenvalue weighted by atomic mass is 9.96. The second-order valence-electron chi connectivity index (χ2n) is 7.37. The monoisotopic (exact) mass is 481 g/mol. The third-order valence-electron chi connectivity index (χ3n) is 4.64. The molecule has 1 N–H and O–H groups in total. The third kappa shape index (κ3) is 7.17. The van der Waals surface area contributed by atoms with E-state index in [9.17, 15) is 24.0 Å². The Balaban J connectivity index is 2.51. The number of rotatable bonds is 9. The number of nitrogens with one attached hydrogen (secondary N) is 1. The summed E-state index contributed by atoms with van der Waals surface area (Å²) in [6.07, 6.45) is -4.30. The molecule has 1 saturated heterocycles. The number of carbonyl (C=O) groups is 5. The van der Waals surface area contributed by atoms with Gasteiger partial charge in [-0.15, -0.1) is 0 Å². The number of benzene rings is 1. The summed E-state index contributed by atoms with van der Waals surface area (Å²) in [7, 11) is 1.37. The van der Waals surface area contributed by atoms with E-state index >= 15 is 0 Å². The third-order valence-corrected chi connectivity index (χ3v) is 4.64. The number of carbonyl (C=O) groups excluding carboxylic acids is 5. The van der Waals surface area contributed by atoms with Gasteiger partial charge in [0, 0.05) is 33.3 Å². The summed E-state index contributed by atoms with van der Waals surface area (Å²) in [4.78, 5) is 58.1. The second kappa shape index (κ2) is 12.0. The van der Waals surface area contributed by atoms with Gasteiger partial charge in [-0.3, -0.25) is 24.0 Å². The lowest BCUT2D eigenvalue weighted by Crippen LogP contribution is -2.67. The van der Waals surface area contributed by atoms with Crippen molar-refractivity contribution in [3.8, 4) is 11.5 Å². The Morgan fingerprint density at radius 1 is 0.971 bits per heavy atom. The SMILES string of the molecule is COc1cc(C=O)ccc1O[C@H]1O[C@@H](COC(C)=O)[C@@H](OC(C)=O)[C@@H](OC(C)=O)[C@@H]1NC(C)=O. The molecule has 0 radical (unpaired) electrons. The van der Waals surface area contributed by atoms with Crippen molar-refractivity contribution >= 4 is 30.1 Å². The van der Waals surface area contributed by atoms with Crippen LogP contribution in [0.25, 0.3) is 0 Å². The van der Waals surface area contributed by atoms with Crippen molar-refractivity contribution in [2.75, 3.05) is 13.7 Å². The molecule has 0 spiro atoms. The molecule has 1 aromatic rings. The first-order chi connectivity index (χ1) is 16.0. The molecule has 1 fully saturated rings. The van der Waals surface area contributed by atoms with Crippen molar-refractivity contribution in [2.24, 2.45) is 0 Å². The van der Waals surface area contributed by atoms with Crippen LogP contribution in [0, 0.1) is 0 Å². The maximum Gasteiger partial charge on any atom is 0.303 e. The summed E-state index contributed by atoms with van der Waals surface area (Å²) in [5.41, 5.74) is 0.326. The van der Waals surface area contributed by atoms with Gasteiger partial charge in [0.1, 0.15) is 25.0 Å². The van der Waals surface area contributed by atoms with Gasteiger partial charge in [0.2, 0.25) is 12.2 Å². The highest BCUT2D eigenvalue weighted by atomic mass is 16.7. The smallest absolute Gasteiger partial charge is 0.303 e. The molecular weight excluding hydrogens is 454 g/mol. The fourth-order valence-corrected chi connectivity index (χ4v) is 3.37. The van der Waals surface area contributed by atoms with Gasteiger partial charge in [0.05, 0.1) is 7.11 Å². The van der Waals surface area contributed by atoms with Crippen LogP contribution < -0.4 is 14.8 Å². The molecule has 1 amide bonds. The zero-order chi connectivity index (χ0) is 25.4. The summed E-state index contributed by atoms with van der Waals surface area (Å²) in [6.45, 7) is 4.33. The molecule has 0 saturated carbocycles. The van der Waals surface area contributed by atoms with E-state index < -0.39 is 54.5 Å². The molecule has 1 aliphatic heterocycles. The molecule has 12 nitrogen and oxygen atoms in total. The summed E-state index contributed by atoms with van der Waals surface area (Å²) in [5.74, 6) is -2.24. The van der Waals surface area contributed by atoms with Crippen molar-refractivity contribution < 1.29 is 52.4 Å². The molecule has 0 aromatic heterocycles. The van der Waals surface area contributed by atoms with Gasteiger partial charge in [-0.2, -0.15) is 0 Å². The predicted octanol–water partition coefficient (Wildman–Crippen LogP) is 0.543. The van der Waals surface area contributed by atoms with Crippen molar-refractivity contribution in [3.05, 3.63) is 23.8 Å². The zero-order valence-electron chi connectivity index (χ0n) is 19.4. The van der Waals surface area contributed by atoms with Crippen LogP contribution in [0.5, 0.6) is 11.5 Å². The number of methoxy groups -OCH3 is 1. The zero-order valence-corrected chi connectivity index (χ0v) is 19.4. The maximum atomic E-state index is 12.0. The molecule has 1 aliphatic rings. The van der Waals surface area contributed by atoms with E-state index in [1.54, 1.807) is 0 Å². The van der Waals surface area contributed by atoms with E-state index in [-0.39, 0.29) is 18.1 Å². The average Bonchev–Trinajstić information content (AvgIpc) is 2.75. The maximum absolute atomic E-state index is 12.0. The fourth-order valence-electron chi connectivity index (χ4n) is 3.37. The Bertz CT molecular complexity index is 931. The van der Waals surface area contributed by atoms with Gasteiger partial charge >= 0.3 is 17.9 Å². The van der Waals surface area contributed by atoms with Crippen molar-refractivity contribution in [2.45, 2.75) is 58.3 Å². The first-order valence-corrected chi connectivity index (χ1v) is 10.3. The number of amides is 1. The normalized spacial score (nSPS) is 23.7. The molecule has 2 rings (SSSR count). The number of hydrogen-bond acceptors (Lipinski definition) is 11. The second-order valence-corrected chi connectivity index (χ2v) is 7.37. The topological polar surface area (TPSA) is 153 Å². The first kappa shape index (κ1) is 26.6. The van der Waals surface area contributed by atoms with E-state index in [4.69, 9.17) is 28.4 Å². The van der Waals surface area contributed by atoms with Crippen molar-refractivity contribution in [1.29, 1.82) is 0 Å². The minimum absolute atomic E-state index is 0.146. The van der Waals surface area contributed by atoms with Crippen molar-refractivity contribution in [1.82, 2.24) is 5.32 Å². The number of ether oxygens (including phenoxy) is 6. The predicted molar refractivity (Wildman–Crippen MR) is 113 cm³/mol. The Morgan fingerprint density at radius 2 is 1.62 bits per heavy atom. The molecule has 5 atom stereocenters. The van der Waals surface area contributed by atoms with E-state index in [0.29, 0.717) is 11.8 Å². The van der Waals surface area contributed by atoms with Gasteiger partial charge in [-0.05, 0) is 18.2 Å². The van der Waals surface area contributed by atoms with E-state index in [2.05, 4.69) is 5.32 Å². The summed E-state index contributed by atoms with van der Waals surface area (Å²) in [5, 5.41) is 2.59. The number of esters is 3. The van der Waals surface area contributed by atoms with E-state index in [0.717, 1.165) is 13.8 Å². The molecule has 0 aliphatic carbocycles. The number of aldehydes is 1. The molecule has 1 heterocycles. The molecule has 1 aromatic carbocycles. The Kier molecular flexibility index (Phi) is 9.36. The molecule has 186 valence electrons. The quantitative estimate of drug-likeness (QED) is 0.299. The highest BCUT2D eigenvalue weighted by Crippen LogP contribution is 2.33. The largest absolute Gasteiger partial charge is 0.493 e. The van der Waals surface area contributed by atoms with Crippen LogP contribution in [0.3, 0.4) is 0 Å². The summed E-state index contributed by atoms with van der Waals surface area (Å²) < 4.78 is 32.9. The molecule has 0 unspecified atom stereocenters. The van der Waals surface area contributed by atoms with E-state index in [1.807, 2.05) is 0 Å². The first-order valence-electron chi connectivity index (χ1n) is 10.3. The number of hydrogen-bond donors (Lipinski definition) is 1. The minimum atomic E-state index is -1.31. The molecule has 34 heavy (non-hydrogen) atoms. The van der Waals surface area contributed by atoms with Gasteiger partial charge < -0.3 is 33.7 Å². The lowest BCUT2D eigenvalue weighted by molar-refractivity contribution is -0.257. The Morgan fingerprint density at radius 3 is 2.15 bits per heavy atom. The van der Waals surface area contributed by atoms with Crippen LogP contribution in [0.1, 0.15) is 38.1 Å². The summed E-state index contributed by atoms with van der Waals surface area (Å²) in [6, 6.07) is 3.22. The molecule has 0 bridgehead atoms. The van der Waals surface area contributed by atoms with Gasteiger partial charge in [-0.25, -0.2) is 0 Å². The molecular formula is C22H27NO11. The minimum Gasteiger partial charge on any atom is -0.493 e. The van der Waals surface area contributed by atoms with Crippen LogP contribution >= 0.6 is 0 Å². The van der Waals surface area contributed by atoms with Gasteiger partial charge in [0.15, 0.2) is 23.7 Å². The van der Waals surface area contributed by atoms with Crippen LogP contribution in [0.4, 0.5) is 0 Å². The van der Waals surface area contributed by atoms with Crippen LogP contribution in [0.2, 0.25) is 0 Å². The Hall–Kier alpha value is -3.67. The lowest BCUT2D eigenvalue weighted by Gasteiger charge is -2.44.